The van der Waals surface area contributed by atoms with Gasteiger partial charge in [0.1, 0.15) is 9.09 Å². The number of aliphatic hydroxyl groups is 1. The first kappa shape index (κ1) is 17.1. The van der Waals surface area contributed by atoms with E-state index in [1.165, 1.54) is 6.07 Å². The number of carbonyl (C=O) groups is 1. The lowest BCUT2D eigenvalue weighted by atomic mass is 10.3. The highest BCUT2D eigenvalue weighted by atomic mass is 32.2. The van der Waals surface area contributed by atoms with Crippen molar-refractivity contribution in [2.24, 2.45) is 0 Å². The van der Waals surface area contributed by atoms with Gasteiger partial charge in [-0.05, 0) is 25.0 Å². The van der Waals surface area contributed by atoms with Crippen molar-refractivity contribution in [1.82, 2.24) is 4.72 Å². The predicted octanol–water partition coefficient (Wildman–Crippen LogP) is 0.432. The summed E-state index contributed by atoms with van der Waals surface area (Å²) >= 11 is 0.732. The van der Waals surface area contributed by atoms with Crippen LogP contribution in [0.15, 0.2) is 10.3 Å². The number of ether oxygens (including phenoxy) is 1. The van der Waals surface area contributed by atoms with E-state index in [1.807, 2.05) is 0 Å². The number of aromatic carboxylic acids is 1. The number of thiophene rings is 1. The second kappa shape index (κ2) is 7.70. The van der Waals surface area contributed by atoms with Gasteiger partial charge in [0.05, 0.1) is 13.2 Å². The molecule has 0 aromatic carbocycles. The van der Waals surface area contributed by atoms with E-state index in [-0.39, 0.29) is 28.8 Å². The lowest BCUT2D eigenvalue weighted by Gasteiger charge is -2.05. The van der Waals surface area contributed by atoms with Crippen molar-refractivity contribution in [3.63, 3.8) is 0 Å². The van der Waals surface area contributed by atoms with Crippen molar-refractivity contribution in [1.29, 1.82) is 0 Å². The number of hydrogen-bond acceptors (Lipinski definition) is 6. The normalized spacial score (nSPS) is 11.7. The third-order valence-corrected chi connectivity index (χ3v) is 5.51. The average Bonchev–Trinajstić information content (AvgIpc) is 2.76. The highest BCUT2D eigenvalue weighted by Crippen LogP contribution is 2.25. The first-order valence-electron chi connectivity index (χ1n) is 5.90. The van der Waals surface area contributed by atoms with Crippen LogP contribution in [0.3, 0.4) is 0 Å². The van der Waals surface area contributed by atoms with Gasteiger partial charge in [-0.15, -0.1) is 11.3 Å². The zero-order valence-electron chi connectivity index (χ0n) is 11.0. The molecule has 0 aliphatic rings. The first-order valence-corrected chi connectivity index (χ1v) is 8.20. The Hall–Kier alpha value is -1.00. The van der Waals surface area contributed by atoms with Crippen LogP contribution < -0.4 is 4.72 Å². The summed E-state index contributed by atoms with van der Waals surface area (Å²) in [6, 6.07) is 1.35. The number of nitrogens with one attached hydrogen (secondary N) is 1. The predicted molar refractivity (Wildman–Crippen MR) is 73.7 cm³/mol. The number of sulfonamides is 1. The molecular weight excluding hydrogens is 306 g/mol. The smallest absolute Gasteiger partial charge is 0.346 e. The summed E-state index contributed by atoms with van der Waals surface area (Å²) < 4.78 is 31.2. The minimum Gasteiger partial charge on any atom is -0.477 e. The van der Waals surface area contributed by atoms with E-state index < -0.39 is 16.0 Å². The molecule has 0 atom stereocenters. The molecule has 0 radical (unpaired) electrons. The van der Waals surface area contributed by atoms with E-state index in [2.05, 4.69) is 4.72 Å². The molecule has 114 valence electrons. The van der Waals surface area contributed by atoms with Gasteiger partial charge in [0, 0.05) is 13.2 Å². The third kappa shape index (κ3) is 4.84. The zero-order valence-corrected chi connectivity index (χ0v) is 12.6. The van der Waals surface area contributed by atoms with E-state index in [0.717, 1.165) is 11.3 Å². The maximum absolute atomic E-state index is 11.9. The van der Waals surface area contributed by atoms with E-state index in [4.69, 9.17) is 14.9 Å². The Bertz CT molecular complexity index is 551. The number of carboxylic acids is 1. The van der Waals surface area contributed by atoms with Crippen LogP contribution in [0.2, 0.25) is 0 Å². The summed E-state index contributed by atoms with van der Waals surface area (Å²) in [4.78, 5) is 10.9. The summed E-state index contributed by atoms with van der Waals surface area (Å²) in [5, 5.41) is 17.4. The molecule has 20 heavy (non-hydrogen) atoms. The molecule has 7 nitrogen and oxygen atoms in total. The van der Waals surface area contributed by atoms with Crippen LogP contribution in [0.1, 0.15) is 21.7 Å². The van der Waals surface area contributed by atoms with Gasteiger partial charge < -0.3 is 14.9 Å². The second-order valence-electron chi connectivity index (χ2n) is 3.97. The van der Waals surface area contributed by atoms with Gasteiger partial charge in [0.25, 0.3) is 0 Å². The Labute approximate surface area is 121 Å². The molecule has 1 heterocycles. The Kier molecular flexibility index (Phi) is 6.56. The molecule has 0 fully saturated rings. The van der Waals surface area contributed by atoms with Crippen molar-refractivity contribution in [2.75, 3.05) is 26.4 Å². The fraction of sp³-hybridized carbons (Fsp3) is 0.545. The summed E-state index contributed by atoms with van der Waals surface area (Å²) in [5.41, 5.74) is 0.425. The Morgan fingerprint density at radius 1 is 1.45 bits per heavy atom. The Morgan fingerprint density at radius 3 is 2.70 bits per heavy atom. The van der Waals surface area contributed by atoms with Crippen LogP contribution in [-0.4, -0.2) is 51.0 Å². The van der Waals surface area contributed by atoms with Crippen LogP contribution in [0.5, 0.6) is 0 Å². The Balaban J connectivity index is 2.56. The van der Waals surface area contributed by atoms with Crippen molar-refractivity contribution in [2.45, 2.75) is 17.6 Å². The molecule has 1 aromatic rings. The SMILES string of the molecule is Cc1cc(S(=O)(=O)NCCCOCCO)sc1C(=O)O. The number of rotatable bonds is 9. The highest BCUT2D eigenvalue weighted by molar-refractivity contribution is 7.91. The van der Waals surface area contributed by atoms with Gasteiger partial charge in [-0.25, -0.2) is 17.9 Å². The fourth-order valence-electron chi connectivity index (χ4n) is 1.42. The lowest BCUT2D eigenvalue weighted by molar-refractivity contribution is 0.0701. The molecule has 3 N–H and O–H groups in total. The third-order valence-electron chi connectivity index (χ3n) is 2.35. The van der Waals surface area contributed by atoms with Crippen LogP contribution in [-0.2, 0) is 14.8 Å². The molecular formula is C11H17NO6S2. The number of aryl methyl sites for hydroxylation is 1. The number of aliphatic hydroxyl groups excluding tert-OH is 1. The second-order valence-corrected chi connectivity index (χ2v) is 7.02. The molecule has 1 aromatic heterocycles. The quantitative estimate of drug-likeness (QED) is 0.568. The first-order chi connectivity index (χ1) is 9.38. The molecule has 0 aliphatic heterocycles. The van der Waals surface area contributed by atoms with Gasteiger partial charge in [-0.2, -0.15) is 0 Å². The average molecular weight is 323 g/mol. The van der Waals surface area contributed by atoms with Crippen molar-refractivity contribution >= 4 is 27.3 Å². The molecule has 0 amide bonds. The lowest BCUT2D eigenvalue weighted by Crippen LogP contribution is -2.25. The minimum atomic E-state index is -3.69. The van der Waals surface area contributed by atoms with E-state index in [0.29, 0.717) is 18.6 Å². The molecule has 0 saturated carbocycles. The van der Waals surface area contributed by atoms with Crippen molar-refractivity contribution in [3.8, 4) is 0 Å². The van der Waals surface area contributed by atoms with Crippen LogP contribution in [0, 0.1) is 6.92 Å². The molecule has 0 aliphatic carbocycles. The molecule has 0 saturated heterocycles. The summed E-state index contributed by atoms with van der Waals surface area (Å²) in [6.45, 7) is 2.23. The van der Waals surface area contributed by atoms with E-state index in [9.17, 15) is 13.2 Å². The van der Waals surface area contributed by atoms with Crippen molar-refractivity contribution < 1.29 is 28.2 Å². The maximum Gasteiger partial charge on any atom is 0.346 e. The summed E-state index contributed by atoms with van der Waals surface area (Å²) in [6.07, 6.45) is 0.468. The molecule has 1 rings (SSSR count). The fourth-order valence-corrected chi connectivity index (χ4v) is 3.91. The molecule has 0 unspecified atom stereocenters. The number of carboxylic acid groups (broad SMARTS) is 1. The summed E-state index contributed by atoms with van der Waals surface area (Å²) in [7, 11) is -3.69. The monoisotopic (exact) mass is 323 g/mol. The topological polar surface area (TPSA) is 113 Å². The van der Waals surface area contributed by atoms with Gasteiger partial charge >= 0.3 is 5.97 Å². The van der Waals surface area contributed by atoms with Gasteiger partial charge in [-0.1, -0.05) is 0 Å². The van der Waals surface area contributed by atoms with E-state index in [1.54, 1.807) is 6.92 Å². The van der Waals surface area contributed by atoms with E-state index >= 15 is 0 Å². The Morgan fingerprint density at radius 2 is 2.15 bits per heavy atom. The molecule has 0 spiro atoms. The minimum absolute atomic E-state index is 0.0105. The van der Waals surface area contributed by atoms with Gasteiger partial charge in [-0.3, -0.25) is 0 Å². The standard InChI is InChI=1S/C11H17NO6S2/c1-8-7-9(19-10(8)11(14)15)20(16,17)12-3-2-5-18-6-4-13/h7,12-13H,2-6H2,1H3,(H,14,15). The van der Waals surface area contributed by atoms with Gasteiger partial charge in [0.2, 0.25) is 10.0 Å². The van der Waals surface area contributed by atoms with Gasteiger partial charge in [0.15, 0.2) is 0 Å². The maximum atomic E-state index is 11.9. The zero-order chi connectivity index (χ0) is 15.2. The molecule has 9 heteroatoms. The summed E-state index contributed by atoms with van der Waals surface area (Å²) in [5.74, 6) is -1.13. The number of hydrogen-bond donors (Lipinski definition) is 3. The largest absolute Gasteiger partial charge is 0.477 e. The van der Waals surface area contributed by atoms with Crippen molar-refractivity contribution in [3.05, 3.63) is 16.5 Å². The van der Waals surface area contributed by atoms with Crippen LogP contribution in [0.4, 0.5) is 0 Å². The molecule has 0 bridgehead atoms. The highest BCUT2D eigenvalue weighted by Gasteiger charge is 2.21. The van der Waals surface area contributed by atoms with Crippen LogP contribution >= 0.6 is 11.3 Å². The van der Waals surface area contributed by atoms with Crippen LogP contribution in [0.25, 0.3) is 0 Å².